The van der Waals surface area contributed by atoms with E-state index in [9.17, 15) is 24.6 Å². The van der Waals surface area contributed by atoms with E-state index >= 15 is 0 Å². The average molecular weight is 385 g/mol. The molecule has 2 rings (SSSR count). The molecule has 0 saturated heterocycles. The van der Waals surface area contributed by atoms with Gasteiger partial charge in [0.05, 0.1) is 23.2 Å². The van der Waals surface area contributed by atoms with Gasteiger partial charge in [0.15, 0.2) is 0 Å². The zero-order valence-electron chi connectivity index (χ0n) is 16.1. The molecule has 0 spiro atoms. The number of dihydropyridines is 1. The summed E-state index contributed by atoms with van der Waals surface area (Å²) in [5.74, 6) is -3.94. The van der Waals surface area contributed by atoms with Crippen LogP contribution < -0.4 is 5.32 Å². The van der Waals surface area contributed by atoms with Crippen LogP contribution in [0.25, 0.3) is 6.08 Å². The number of nitrogens with one attached hydrogen (secondary N) is 1. The predicted octanol–water partition coefficient (Wildman–Crippen LogP) is 3.06. The molecule has 0 atom stereocenters. The Kier molecular flexibility index (Phi) is 6.41. The third-order valence-corrected chi connectivity index (χ3v) is 4.28. The number of carbonyl (C=O) groups excluding carboxylic acids is 1. The molecule has 0 radical (unpaired) electrons. The first kappa shape index (κ1) is 21.0. The second kappa shape index (κ2) is 8.56. The Labute approximate surface area is 163 Å². The summed E-state index contributed by atoms with van der Waals surface area (Å²) in [7, 11) is 0. The predicted molar refractivity (Wildman–Crippen MR) is 103 cm³/mol. The lowest BCUT2D eigenvalue weighted by molar-refractivity contribution is -0.141. The van der Waals surface area contributed by atoms with Crippen molar-refractivity contribution in [2.75, 3.05) is 0 Å². The van der Waals surface area contributed by atoms with Crippen LogP contribution in [0.1, 0.15) is 44.7 Å². The molecule has 0 aliphatic carbocycles. The highest BCUT2D eigenvalue weighted by molar-refractivity contribution is 5.99. The van der Waals surface area contributed by atoms with Crippen molar-refractivity contribution in [3.8, 4) is 0 Å². The Morgan fingerprint density at radius 1 is 1.04 bits per heavy atom. The van der Waals surface area contributed by atoms with Crippen molar-refractivity contribution in [1.29, 1.82) is 0 Å². The molecule has 0 amide bonds. The van der Waals surface area contributed by atoms with Crippen LogP contribution in [0.2, 0.25) is 0 Å². The fraction of sp³-hybridized carbons (Fsp3) is 0.286. The molecule has 0 saturated carbocycles. The van der Waals surface area contributed by atoms with Crippen LogP contribution in [0.5, 0.6) is 0 Å². The van der Waals surface area contributed by atoms with Gasteiger partial charge in [-0.25, -0.2) is 14.4 Å². The summed E-state index contributed by atoms with van der Waals surface area (Å²) in [6.45, 7) is 6.65. The van der Waals surface area contributed by atoms with Crippen molar-refractivity contribution < 1.29 is 29.3 Å². The number of carboxylic acid groups (broad SMARTS) is 2. The van der Waals surface area contributed by atoms with Gasteiger partial charge in [-0.15, -0.1) is 0 Å². The van der Waals surface area contributed by atoms with Crippen molar-refractivity contribution in [2.24, 2.45) is 0 Å². The zero-order chi connectivity index (χ0) is 21.0. The summed E-state index contributed by atoms with van der Waals surface area (Å²) in [5.41, 5.74) is 1.66. The van der Waals surface area contributed by atoms with Crippen LogP contribution in [0, 0.1) is 0 Å². The molecular weight excluding hydrogens is 362 g/mol. The molecule has 1 aliphatic rings. The first-order chi connectivity index (χ1) is 13.1. The molecule has 1 heterocycles. The van der Waals surface area contributed by atoms with Gasteiger partial charge in [0.2, 0.25) is 0 Å². The minimum Gasteiger partial charge on any atom is -0.478 e. The summed E-state index contributed by atoms with van der Waals surface area (Å²) in [4.78, 5) is 35.7. The molecule has 1 aliphatic heterocycles. The van der Waals surface area contributed by atoms with Crippen LogP contribution >= 0.6 is 0 Å². The van der Waals surface area contributed by atoms with Crippen molar-refractivity contribution >= 4 is 24.0 Å². The van der Waals surface area contributed by atoms with Crippen LogP contribution in [-0.4, -0.2) is 34.2 Å². The molecule has 1 aromatic carbocycles. The van der Waals surface area contributed by atoms with Gasteiger partial charge in [0.25, 0.3) is 0 Å². The Balaban J connectivity index is 2.61. The van der Waals surface area contributed by atoms with Gasteiger partial charge in [-0.1, -0.05) is 24.3 Å². The van der Waals surface area contributed by atoms with Gasteiger partial charge in [0.1, 0.15) is 0 Å². The smallest absolute Gasteiger partial charge is 0.334 e. The van der Waals surface area contributed by atoms with Gasteiger partial charge < -0.3 is 20.3 Å². The van der Waals surface area contributed by atoms with E-state index in [0.29, 0.717) is 22.5 Å². The molecule has 0 unspecified atom stereocenters. The lowest BCUT2D eigenvalue weighted by atomic mass is 9.78. The first-order valence-corrected chi connectivity index (χ1v) is 8.76. The largest absolute Gasteiger partial charge is 0.478 e. The van der Waals surface area contributed by atoms with Gasteiger partial charge in [-0.2, -0.15) is 0 Å². The molecule has 7 heteroatoms. The number of benzene rings is 1. The fourth-order valence-corrected chi connectivity index (χ4v) is 3.23. The lowest BCUT2D eigenvalue weighted by Gasteiger charge is -2.29. The number of hydrogen-bond donors (Lipinski definition) is 3. The van der Waals surface area contributed by atoms with Gasteiger partial charge in [-0.3, -0.25) is 0 Å². The highest BCUT2D eigenvalue weighted by Crippen LogP contribution is 2.39. The number of rotatable bonds is 6. The van der Waals surface area contributed by atoms with Crippen LogP contribution in [0.15, 0.2) is 52.9 Å². The maximum atomic E-state index is 11.9. The van der Waals surface area contributed by atoms with Crippen molar-refractivity contribution in [2.45, 2.75) is 39.7 Å². The topological polar surface area (TPSA) is 113 Å². The van der Waals surface area contributed by atoms with E-state index in [4.69, 9.17) is 4.74 Å². The Bertz CT molecular complexity index is 871. The summed E-state index contributed by atoms with van der Waals surface area (Å²) in [5, 5.41) is 22.3. The first-order valence-electron chi connectivity index (χ1n) is 8.76. The van der Waals surface area contributed by atoms with Crippen LogP contribution in [0.3, 0.4) is 0 Å². The second-order valence-corrected chi connectivity index (χ2v) is 6.69. The number of hydrogen-bond acceptors (Lipinski definition) is 5. The molecule has 0 fully saturated rings. The van der Waals surface area contributed by atoms with E-state index in [1.54, 1.807) is 52.0 Å². The van der Waals surface area contributed by atoms with Crippen molar-refractivity contribution in [1.82, 2.24) is 5.32 Å². The monoisotopic (exact) mass is 385 g/mol. The normalized spacial score (nSPS) is 15.2. The number of esters is 1. The summed E-state index contributed by atoms with van der Waals surface area (Å²) < 4.78 is 5.07. The molecule has 148 valence electrons. The quantitative estimate of drug-likeness (QED) is 0.509. The number of aliphatic carboxylic acids is 2. The minimum absolute atomic E-state index is 0.0476. The molecule has 1 aromatic rings. The van der Waals surface area contributed by atoms with E-state index in [1.807, 2.05) is 0 Å². The van der Waals surface area contributed by atoms with Crippen LogP contribution in [0.4, 0.5) is 0 Å². The molecule has 3 N–H and O–H groups in total. The van der Waals surface area contributed by atoms with E-state index in [1.165, 1.54) is 12.2 Å². The van der Waals surface area contributed by atoms with E-state index < -0.39 is 23.8 Å². The number of allylic oxidation sites excluding steroid dienone is 2. The van der Waals surface area contributed by atoms with E-state index in [0.717, 1.165) is 0 Å². The number of carbonyl (C=O) groups is 3. The molecule has 0 bridgehead atoms. The van der Waals surface area contributed by atoms with E-state index in [2.05, 4.69) is 5.32 Å². The maximum absolute atomic E-state index is 11.9. The SMILES string of the molecule is CC1=C(C(=O)O)C(c2ccccc2C=CC(=O)OC(C)C)C(C(=O)O)=C(C)N1. The Morgan fingerprint density at radius 2 is 1.57 bits per heavy atom. The summed E-state index contributed by atoms with van der Waals surface area (Å²) >= 11 is 0. The minimum atomic E-state index is -1.21. The van der Waals surface area contributed by atoms with E-state index in [-0.39, 0.29) is 17.3 Å². The highest BCUT2D eigenvalue weighted by Gasteiger charge is 2.37. The average Bonchev–Trinajstić information content (AvgIpc) is 2.58. The summed E-state index contributed by atoms with van der Waals surface area (Å²) in [6.07, 6.45) is 2.48. The Hall–Kier alpha value is -3.35. The Morgan fingerprint density at radius 3 is 2.07 bits per heavy atom. The van der Waals surface area contributed by atoms with Gasteiger partial charge in [-0.05, 0) is 44.9 Å². The molecule has 7 nitrogen and oxygen atoms in total. The fourth-order valence-electron chi connectivity index (χ4n) is 3.23. The maximum Gasteiger partial charge on any atom is 0.334 e. The molecular formula is C21H23NO6. The zero-order valence-corrected chi connectivity index (χ0v) is 16.1. The molecule has 0 aromatic heterocycles. The third-order valence-electron chi connectivity index (χ3n) is 4.28. The summed E-state index contributed by atoms with van der Waals surface area (Å²) in [6, 6.07) is 6.78. The number of ether oxygens (including phenoxy) is 1. The standard InChI is InChI=1S/C21H23NO6/c1-11(2)28-16(23)10-9-14-7-5-6-8-15(14)19-17(20(24)25)12(3)22-13(4)18(19)21(26)27/h5-11,19,22H,1-4H3,(H,24,25)(H,26,27). The van der Waals surface area contributed by atoms with Crippen LogP contribution in [-0.2, 0) is 19.1 Å². The lowest BCUT2D eigenvalue weighted by Crippen LogP contribution is -2.31. The van der Waals surface area contributed by atoms with Crippen molar-refractivity contribution in [3.05, 3.63) is 64.0 Å². The van der Waals surface area contributed by atoms with Gasteiger partial charge in [0, 0.05) is 17.5 Å². The highest BCUT2D eigenvalue weighted by atomic mass is 16.5. The molecule has 28 heavy (non-hydrogen) atoms. The van der Waals surface area contributed by atoms with Crippen molar-refractivity contribution in [3.63, 3.8) is 0 Å². The second-order valence-electron chi connectivity index (χ2n) is 6.69. The number of carboxylic acids is 2. The van der Waals surface area contributed by atoms with Gasteiger partial charge >= 0.3 is 17.9 Å². The third kappa shape index (κ3) is 4.49.